The standard InChI is InChI=1S/C13H18N4O/c1-10(2)13(18)14-8-5-7-12-16-15-11-6-3-4-9-17(11)12/h3-4,6,9-10H,5,7-8H2,1-2H3,(H,14,18). The van der Waals surface area contributed by atoms with Gasteiger partial charge in [-0.3, -0.25) is 9.20 Å². The molecule has 0 aliphatic rings. The van der Waals surface area contributed by atoms with Crippen LogP contribution < -0.4 is 5.32 Å². The van der Waals surface area contributed by atoms with Crippen LogP contribution in [0.3, 0.4) is 0 Å². The maximum absolute atomic E-state index is 11.4. The summed E-state index contributed by atoms with van der Waals surface area (Å²) in [6.45, 7) is 4.46. The largest absolute Gasteiger partial charge is 0.356 e. The van der Waals surface area contributed by atoms with E-state index in [0.29, 0.717) is 6.54 Å². The molecular weight excluding hydrogens is 228 g/mol. The lowest BCUT2D eigenvalue weighted by molar-refractivity contribution is -0.123. The second-order valence-corrected chi connectivity index (χ2v) is 4.59. The van der Waals surface area contributed by atoms with E-state index in [-0.39, 0.29) is 11.8 Å². The van der Waals surface area contributed by atoms with E-state index in [9.17, 15) is 4.79 Å². The van der Waals surface area contributed by atoms with Crippen LogP contribution in [0.25, 0.3) is 5.65 Å². The molecule has 5 nitrogen and oxygen atoms in total. The highest BCUT2D eigenvalue weighted by Gasteiger charge is 2.07. The first-order valence-corrected chi connectivity index (χ1v) is 6.25. The van der Waals surface area contributed by atoms with Crippen molar-refractivity contribution in [2.24, 2.45) is 5.92 Å². The zero-order valence-electron chi connectivity index (χ0n) is 10.8. The molecule has 1 amide bonds. The van der Waals surface area contributed by atoms with Gasteiger partial charge in [-0.1, -0.05) is 19.9 Å². The lowest BCUT2D eigenvalue weighted by Gasteiger charge is -2.06. The summed E-state index contributed by atoms with van der Waals surface area (Å²) in [4.78, 5) is 11.4. The number of carbonyl (C=O) groups excluding carboxylic acids is 1. The van der Waals surface area contributed by atoms with Gasteiger partial charge in [0, 0.05) is 25.1 Å². The van der Waals surface area contributed by atoms with Crippen LogP contribution in [-0.2, 0) is 11.2 Å². The quantitative estimate of drug-likeness (QED) is 0.812. The summed E-state index contributed by atoms with van der Waals surface area (Å²) in [7, 11) is 0. The molecular formula is C13H18N4O. The summed E-state index contributed by atoms with van der Waals surface area (Å²) in [6, 6.07) is 5.83. The summed E-state index contributed by atoms with van der Waals surface area (Å²) in [5.41, 5.74) is 0.860. The number of nitrogens with one attached hydrogen (secondary N) is 1. The third-order valence-electron chi connectivity index (χ3n) is 2.79. The van der Waals surface area contributed by atoms with Crippen molar-refractivity contribution in [2.45, 2.75) is 26.7 Å². The Morgan fingerprint density at radius 3 is 3.00 bits per heavy atom. The normalized spacial score (nSPS) is 11.1. The lowest BCUT2D eigenvalue weighted by Crippen LogP contribution is -2.28. The van der Waals surface area contributed by atoms with Gasteiger partial charge < -0.3 is 5.32 Å². The number of carbonyl (C=O) groups is 1. The molecule has 0 saturated carbocycles. The fourth-order valence-electron chi connectivity index (χ4n) is 1.72. The molecule has 5 heteroatoms. The number of rotatable bonds is 5. The van der Waals surface area contributed by atoms with Crippen LogP contribution in [0.4, 0.5) is 0 Å². The summed E-state index contributed by atoms with van der Waals surface area (Å²) in [6.07, 6.45) is 3.63. The van der Waals surface area contributed by atoms with Gasteiger partial charge >= 0.3 is 0 Å². The van der Waals surface area contributed by atoms with Crippen LogP contribution in [0.15, 0.2) is 24.4 Å². The second kappa shape index (κ2) is 5.62. The summed E-state index contributed by atoms with van der Waals surface area (Å²) in [5, 5.41) is 11.1. The first kappa shape index (κ1) is 12.5. The maximum Gasteiger partial charge on any atom is 0.222 e. The van der Waals surface area contributed by atoms with Crippen molar-refractivity contribution in [3.8, 4) is 0 Å². The Morgan fingerprint density at radius 2 is 2.22 bits per heavy atom. The Kier molecular flexibility index (Phi) is 3.92. The third kappa shape index (κ3) is 2.85. The van der Waals surface area contributed by atoms with Crippen LogP contribution in [0.2, 0.25) is 0 Å². The van der Waals surface area contributed by atoms with Crippen LogP contribution in [-0.4, -0.2) is 27.0 Å². The van der Waals surface area contributed by atoms with E-state index in [1.54, 1.807) is 0 Å². The number of aromatic nitrogens is 3. The molecule has 0 unspecified atom stereocenters. The van der Waals surface area contributed by atoms with E-state index in [2.05, 4.69) is 15.5 Å². The van der Waals surface area contributed by atoms with E-state index in [4.69, 9.17) is 0 Å². The molecule has 96 valence electrons. The van der Waals surface area contributed by atoms with Gasteiger partial charge in [-0.15, -0.1) is 10.2 Å². The smallest absolute Gasteiger partial charge is 0.222 e. The summed E-state index contributed by atoms with van der Waals surface area (Å²) >= 11 is 0. The Morgan fingerprint density at radius 1 is 1.39 bits per heavy atom. The number of hydrogen-bond donors (Lipinski definition) is 1. The molecule has 2 aromatic rings. The Labute approximate surface area is 106 Å². The van der Waals surface area contributed by atoms with Gasteiger partial charge in [0.05, 0.1) is 0 Å². The maximum atomic E-state index is 11.4. The average Bonchev–Trinajstić information content (AvgIpc) is 2.77. The monoisotopic (exact) mass is 246 g/mol. The van der Waals surface area contributed by atoms with Gasteiger partial charge in [-0.05, 0) is 18.6 Å². The summed E-state index contributed by atoms with van der Waals surface area (Å²) < 4.78 is 1.98. The second-order valence-electron chi connectivity index (χ2n) is 4.59. The predicted octanol–water partition coefficient (Wildman–Crippen LogP) is 1.43. The van der Waals surface area contributed by atoms with Gasteiger partial charge in [0.15, 0.2) is 5.65 Å². The highest BCUT2D eigenvalue weighted by molar-refractivity contribution is 5.77. The van der Waals surface area contributed by atoms with Crippen molar-refractivity contribution in [1.82, 2.24) is 19.9 Å². The first-order chi connectivity index (χ1) is 8.68. The fraction of sp³-hybridized carbons (Fsp3) is 0.462. The Hall–Kier alpha value is -1.91. The SMILES string of the molecule is CC(C)C(=O)NCCCc1nnc2ccccn12. The number of fused-ring (bicyclic) bond motifs is 1. The van der Waals surface area contributed by atoms with Crippen molar-refractivity contribution in [3.05, 3.63) is 30.2 Å². The minimum absolute atomic E-state index is 0.0407. The predicted molar refractivity (Wildman–Crippen MR) is 69.2 cm³/mol. The molecule has 0 aromatic carbocycles. The lowest BCUT2D eigenvalue weighted by atomic mass is 10.2. The van der Waals surface area contributed by atoms with Gasteiger partial charge in [0.2, 0.25) is 5.91 Å². The van der Waals surface area contributed by atoms with Crippen LogP contribution in [0.5, 0.6) is 0 Å². The molecule has 0 radical (unpaired) electrons. The van der Waals surface area contributed by atoms with E-state index in [0.717, 1.165) is 24.3 Å². The zero-order chi connectivity index (χ0) is 13.0. The van der Waals surface area contributed by atoms with Gasteiger partial charge in [-0.25, -0.2) is 0 Å². The third-order valence-corrected chi connectivity index (χ3v) is 2.79. The molecule has 0 spiro atoms. The molecule has 2 aromatic heterocycles. The van der Waals surface area contributed by atoms with E-state index < -0.39 is 0 Å². The van der Waals surface area contributed by atoms with Crippen LogP contribution >= 0.6 is 0 Å². The van der Waals surface area contributed by atoms with Crippen molar-refractivity contribution in [2.75, 3.05) is 6.54 Å². The number of nitrogens with zero attached hydrogens (tertiary/aromatic N) is 3. The minimum atomic E-state index is 0.0407. The van der Waals surface area contributed by atoms with Crippen molar-refractivity contribution < 1.29 is 4.79 Å². The Bertz CT molecular complexity index is 533. The molecule has 2 heterocycles. The number of amides is 1. The highest BCUT2D eigenvalue weighted by atomic mass is 16.1. The van der Waals surface area contributed by atoms with Gasteiger partial charge in [0.25, 0.3) is 0 Å². The van der Waals surface area contributed by atoms with E-state index in [1.807, 2.05) is 42.6 Å². The molecule has 1 N–H and O–H groups in total. The highest BCUT2D eigenvalue weighted by Crippen LogP contribution is 2.04. The molecule has 0 aliphatic heterocycles. The Balaban J connectivity index is 1.85. The molecule has 0 saturated heterocycles. The van der Waals surface area contributed by atoms with E-state index >= 15 is 0 Å². The first-order valence-electron chi connectivity index (χ1n) is 6.25. The number of aryl methyl sites for hydroxylation is 1. The molecule has 18 heavy (non-hydrogen) atoms. The van der Waals surface area contributed by atoms with Crippen LogP contribution in [0.1, 0.15) is 26.1 Å². The van der Waals surface area contributed by atoms with E-state index in [1.165, 1.54) is 0 Å². The van der Waals surface area contributed by atoms with Crippen molar-refractivity contribution >= 4 is 11.6 Å². The zero-order valence-corrected chi connectivity index (χ0v) is 10.8. The molecule has 0 aliphatic carbocycles. The molecule has 0 bridgehead atoms. The topological polar surface area (TPSA) is 59.3 Å². The molecule has 0 atom stereocenters. The van der Waals surface area contributed by atoms with Gasteiger partial charge in [-0.2, -0.15) is 0 Å². The fourth-order valence-corrected chi connectivity index (χ4v) is 1.72. The number of pyridine rings is 1. The van der Waals surface area contributed by atoms with Crippen LogP contribution in [0, 0.1) is 5.92 Å². The average molecular weight is 246 g/mol. The number of hydrogen-bond acceptors (Lipinski definition) is 3. The van der Waals surface area contributed by atoms with Crippen molar-refractivity contribution in [1.29, 1.82) is 0 Å². The van der Waals surface area contributed by atoms with Gasteiger partial charge in [0.1, 0.15) is 5.82 Å². The molecule has 2 rings (SSSR count). The molecule has 0 fully saturated rings. The minimum Gasteiger partial charge on any atom is -0.356 e. The summed E-state index contributed by atoms with van der Waals surface area (Å²) in [5.74, 6) is 1.07. The van der Waals surface area contributed by atoms with Crippen molar-refractivity contribution in [3.63, 3.8) is 0 Å².